The SMILES string of the molecule is CCOC(=O)C1=C(OCC(C)C)C(O)N(CC(C)C)c2ccccc21. The maximum absolute atomic E-state index is 12.6. The van der Waals surface area contributed by atoms with Crippen LogP contribution in [-0.4, -0.2) is 37.1 Å². The van der Waals surface area contributed by atoms with Crippen molar-refractivity contribution < 1.29 is 19.4 Å². The Bertz CT molecular complexity index is 636. The van der Waals surface area contributed by atoms with Crippen LogP contribution in [0.2, 0.25) is 0 Å². The van der Waals surface area contributed by atoms with Gasteiger partial charge in [0, 0.05) is 17.8 Å². The average Bonchev–Trinajstić information content (AvgIpc) is 2.55. The van der Waals surface area contributed by atoms with Crippen LogP contribution in [0.5, 0.6) is 0 Å². The van der Waals surface area contributed by atoms with Crippen molar-refractivity contribution in [2.75, 3.05) is 24.7 Å². The number of aliphatic hydroxyl groups excluding tert-OH is 1. The van der Waals surface area contributed by atoms with Gasteiger partial charge in [0.25, 0.3) is 0 Å². The van der Waals surface area contributed by atoms with Gasteiger partial charge in [-0.3, -0.25) is 0 Å². The molecule has 1 atom stereocenters. The van der Waals surface area contributed by atoms with E-state index in [1.165, 1.54) is 0 Å². The Balaban J connectivity index is 2.57. The normalized spacial score (nSPS) is 17.1. The highest BCUT2D eigenvalue weighted by atomic mass is 16.5. The Hall–Kier alpha value is -2.01. The number of para-hydroxylation sites is 1. The summed E-state index contributed by atoms with van der Waals surface area (Å²) in [6.07, 6.45) is -1.00. The number of benzene rings is 1. The Morgan fingerprint density at radius 2 is 1.88 bits per heavy atom. The van der Waals surface area contributed by atoms with E-state index in [9.17, 15) is 9.90 Å². The van der Waals surface area contributed by atoms with Crippen LogP contribution in [0.15, 0.2) is 30.0 Å². The molecule has 0 saturated carbocycles. The summed E-state index contributed by atoms with van der Waals surface area (Å²) in [5, 5.41) is 11.0. The van der Waals surface area contributed by atoms with E-state index < -0.39 is 12.2 Å². The van der Waals surface area contributed by atoms with E-state index in [-0.39, 0.29) is 18.3 Å². The number of carbonyl (C=O) groups excluding carboxylic acids is 1. The van der Waals surface area contributed by atoms with Gasteiger partial charge in [-0.1, -0.05) is 45.9 Å². The number of anilines is 1. The summed E-state index contributed by atoms with van der Waals surface area (Å²) >= 11 is 0. The van der Waals surface area contributed by atoms with Gasteiger partial charge in [0.15, 0.2) is 12.0 Å². The summed E-state index contributed by atoms with van der Waals surface area (Å²) < 4.78 is 11.1. The third kappa shape index (κ3) is 4.34. The van der Waals surface area contributed by atoms with Crippen LogP contribution >= 0.6 is 0 Å². The van der Waals surface area contributed by atoms with Crippen molar-refractivity contribution in [3.8, 4) is 0 Å². The van der Waals surface area contributed by atoms with Crippen LogP contribution in [0, 0.1) is 11.8 Å². The molecule has 0 fully saturated rings. The largest absolute Gasteiger partial charge is 0.492 e. The molecule has 1 N–H and O–H groups in total. The Kier molecular flexibility index (Phi) is 6.48. The summed E-state index contributed by atoms with van der Waals surface area (Å²) in [7, 11) is 0. The Labute approximate surface area is 150 Å². The minimum Gasteiger partial charge on any atom is -0.492 e. The van der Waals surface area contributed by atoms with Crippen LogP contribution < -0.4 is 4.90 Å². The van der Waals surface area contributed by atoms with Crippen LogP contribution in [-0.2, 0) is 14.3 Å². The highest BCUT2D eigenvalue weighted by molar-refractivity contribution is 6.19. The van der Waals surface area contributed by atoms with Gasteiger partial charge in [-0.25, -0.2) is 4.79 Å². The molecule has 0 aromatic heterocycles. The van der Waals surface area contributed by atoms with E-state index in [0.717, 1.165) is 11.3 Å². The Morgan fingerprint density at radius 3 is 2.48 bits per heavy atom. The second kappa shape index (κ2) is 8.39. The molecule has 1 heterocycles. The highest BCUT2D eigenvalue weighted by Gasteiger charge is 2.37. The van der Waals surface area contributed by atoms with E-state index in [1.54, 1.807) is 6.92 Å². The first-order valence-electron chi connectivity index (χ1n) is 8.94. The molecule has 1 aliphatic rings. The van der Waals surface area contributed by atoms with Crippen molar-refractivity contribution in [1.82, 2.24) is 0 Å². The number of hydrogen-bond donors (Lipinski definition) is 1. The molecular formula is C20H29NO4. The molecule has 0 spiro atoms. The third-order valence-electron chi connectivity index (χ3n) is 3.87. The van der Waals surface area contributed by atoms with Crippen LogP contribution in [0.1, 0.15) is 40.2 Å². The lowest BCUT2D eigenvalue weighted by molar-refractivity contribution is -0.136. The van der Waals surface area contributed by atoms with Crippen molar-refractivity contribution in [2.45, 2.75) is 40.8 Å². The topological polar surface area (TPSA) is 59.0 Å². The number of carbonyl (C=O) groups is 1. The first-order valence-corrected chi connectivity index (χ1v) is 8.94. The van der Waals surface area contributed by atoms with E-state index in [0.29, 0.717) is 24.6 Å². The molecule has 1 aromatic rings. The fraction of sp³-hybridized carbons (Fsp3) is 0.550. The molecule has 0 saturated heterocycles. The maximum Gasteiger partial charge on any atom is 0.342 e. The van der Waals surface area contributed by atoms with Gasteiger partial charge in [0.05, 0.1) is 13.2 Å². The monoisotopic (exact) mass is 347 g/mol. The molecule has 138 valence electrons. The van der Waals surface area contributed by atoms with Crippen molar-refractivity contribution >= 4 is 17.2 Å². The zero-order chi connectivity index (χ0) is 18.6. The van der Waals surface area contributed by atoms with Gasteiger partial charge in [0.2, 0.25) is 0 Å². The lowest BCUT2D eigenvalue weighted by Crippen LogP contribution is -2.44. The number of aliphatic hydroxyl groups is 1. The lowest BCUT2D eigenvalue weighted by Gasteiger charge is -2.38. The van der Waals surface area contributed by atoms with Gasteiger partial charge in [0.1, 0.15) is 5.57 Å². The molecule has 1 aromatic carbocycles. The minimum absolute atomic E-state index is 0.272. The highest BCUT2D eigenvalue weighted by Crippen LogP contribution is 2.39. The number of esters is 1. The summed E-state index contributed by atoms with van der Waals surface area (Å²) in [5.41, 5.74) is 1.89. The van der Waals surface area contributed by atoms with Gasteiger partial charge >= 0.3 is 5.97 Å². The van der Waals surface area contributed by atoms with Gasteiger partial charge < -0.3 is 19.5 Å². The molecule has 1 unspecified atom stereocenters. The van der Waals surface area contributed by atoms with Gasteiger partial charge in [-0.2, -0.15) is 0 Å². The summed E-state index contributed by atoms with van der Waals surface area (Å²) in [4.78, 5) is 14.5. The second-order valence-corrected chi connectivity index (χ2v) is 7.10. The average molecular weight is 347 g/mol. The fourth-order valence-electron chi connectivity index (χ4n) is 2.88. The van der Waals surface area contributed by atoms with E-state index >= 15 is 0 Å². The zero-order valence-corrected chi connectivity index (χ0v) is 15.8. The van der Waals surface area contributed by atoms with Crippen molar-refractivity contribution in [3.63, 3.8) is 0 Å². The summed E-state index contributed by atoms with van der Waals surface area (Å²) in [5.74, 6) is 0.445. The number of nitrogens with zero attached hydrogens (tertiary/aromatic N) is 1. The number of ether oxygens (including phenoxy) is 2. The standard InChI is InChI=1S/C20H29NO4/c1-6-24-20(23)17-15-9-7-8-10-16(15)21(11-13(2)3)19(22)18(17)25-12-14(4)5/h7-10,13-14,19,22H,6,11-12H2,1-5H3. The summed E-state index contributed by atoms with van der Waals surface area (Å²) in [6.45, 7) is 11.4. The van der Waals surface area contributed by atoms with Crippen molar-refractivity contribution in [1.29, 1.82) is 0 Å². The number of hydrogen-bond acceptors (Lipinski definition) is 5. The quantitative estimate of drug-likeness (QED) is 0.766. The van der Waals surface area contributed by atoms with Crippen LogP contribution in [0.3, 0.4) is 0 Å². The molecular weight excluding hydrogens is 318 g/mol. The van der Waals surface area contributed by atoms with Gasteiger partial charge in [-0.15, -0.1) is 0 Å². The number of fused-ring (bicyclic) bond motifs is 1. The molecule has 0 aliphatic carbocycles. The molecule has 5 nitrogen and oxygen atoms in total. The van der Waals surface area contributed by atoms with E-state index in [4.69, 9.17) is 9.47 Å². The van der Waals surface area contributed by atoms with Crippen LogP contribution in [0.4, 0.5) is 5.69 Å². The molecule has 1 aliphatic heterocycles. The second-order valence-electron chi connectivity index (χ2n) is 7.10. The van der Waals surface area contributed by atoms with Crippen LogP contribution in [0.25, 0.3) is 5.57 Å². The molecule has 5 heteroatoms. The number of rotatable bonds is 7. The molecule has 0 bridgehead atoms. The zero-order valence-electron chi connectivity index (χ0n) is 15.8. The maximum atomic E-state index is 12.6. The predicted molar refractivity (Wildman–Crippen MR) is 99.0 cm³/mol. The summed E-state index contributed by atoms with van der Waals surface area (Å²) in [6, 6.07) is 7.57. The third-order valence-corrected chi connectivity index (χ3v) is 3.87. The predicted octanol–water partition coefficient (Wildman–Crippen LogP) is 3.43. The van der Waals surface area contributed by atoms with Crippen molar-refractivity contribution in [2.24, 2.45) is 11.8 Å². The molecule has 25 heavy (non-hydrogen) atoms. The van der Waals surface area contributed by atoms with Crippen molar-refractivity contribution in [3.05, 3.63) is 35.6 Å². The Morgan fingerprint density at radius 1 is 1.20 bits per heavy atom. The molecule has 2 rings (SSSR count). The minimum atomic E-state index is -1.00. The van der Waals surface area contributed by atoms with E-state index in [1.807, 2.05) is 43.0 Å². The first-order chi connectivity index (χ1) is 11.9. The lowest BCUT2D eigenvalue weighted by atomic mass is 9.95. The van der Waals surface area contributed by atoms with Gasteiger partial charge in [-0.05, 0) is 24.8 Å². The first kappa shape index (κ1) is 19.3. The van der Waals surface area contributed by atoms with E-state index in [2.05, 4.69) is 13.8 Å². The smallest absolute Gasteiger partial charge is 0.342 e. The molecule has 0 amide bonds. The fourth-order valence-corrected chi connectivity index (χ4v) is 2.88. The molecule has 0 radical (unpaired) electrons.